The molecule has 2 N–H and O–H groups in total. The quantitative estimate of drug-likeness (QED) is 0.732. The highest BCUT2D eigenvalue weighted by atomic mass is 79.9. The molecular formula is C11H11BrF3NO4S. The molecule has 21 heavy (non-hydrogen) atoms. The number of hydrogen-bond acceptors (Lipinski definition) is 3. The standard InChI is InChI=1S/C11H11BrF3NO4S/c12-8-3-2-7(10(17)18)6-9(8)21(19,20)16-5-1-4-11(13,14)15/h2-3,6,16H,1,4-5H2,(H,17,18). The first-order valence-electron chi connectivity index (χ1n) is 5.62. The van der Waals surface area contributed by atoms with Gasteiger partial charge in [-0.1, -0.05) is 0 Å². The molecule has 0 amide bonds. The average molecular weight is 390 g/mol. The van der Waals surface area contributed by atoms with E-state index in [0.717, 1.165) is 6.07 Å². The number of sulfonamides is 1. The number of carbonyl (C=O) groups is 1. The Morgan fingerprint density at radius 1 is 1.33 bits per heavy atom. The molecule has 0 saturated heterocycles. The topological polar surface area (TPSA) is 83.5 Å². The van der Waals surface area contributed by atoms with E-state index in [9.17, 15) is 26.4 Å². The third-order valence-electron chi connectivity index (χ3n) is 2.40. The fourth-order valence-corrected chi connectivity index (χ4v) is 3.48. The first kappa shape index (κ1) is 17.9. The van der Waals surface area contributed by atoms with Crippen molar-refractivity contribution in [2.45, 2.75) is 23.9 Å². The molecule has 0 bridgehead atoms. The van der Waals surface area contributed by atoms with Gasteiger partial charge >= 0.3 is 12.1 Å². The van der Waals surface area contributed by atoms with Gasteiger partial charge in [-0.15, -0.1) is 0 Å². The van der Waals surface area contributed by atoms with Crippen LogP contribution >= 0.6 is 15.9 Å². The Hall–Kier alpha value is -1.13. The molecule has 0 aliphatic heterocycles. The largest absolute Gasteiger partial charge is 0.478 e. The van der Waals surface area contributed by atoms with E-state index in [1.165, 1.54) is 12.1 Å². The van der Waals surface area contributed by atoms with Gasteiger partial charge in [-0.2, -0.15) is 13.2 Å². The lowest BCUT2D eigenvalue weighted by atomic mass is 10.2. The van der Waals surface area contributed by atoms with Crippen LogP contribution in [0.25, 0.3) is 0 Å². The van der Waals surface area contributed by atoms with E-state index in [0.29, 0.717) is 0 Å². The van der Waals surface area contributed by atoms with Gasteiger partial charge in [0.1, 0.15) is 0 Å². The number of hydrogen-bond donors (Lipinski definition) is 2. The van der Waals surface area contributed by atoms with E-state index in [1.807, 2.05) is 4.72 Å². The van der Waals surface area contributed by atoms with Crippen molar-refractivity contribution < 1.29 is 31.5 Å². The summed E-state index contributed by atoms with van der Waals surface area (Å²) in [4.78, 5) is 10.5. The maximum absolute atomic E-state index is 12.0. The molecule has 5 nitrogen and oxygen atoms in total. The SMILES string of the molecule is O=C(O)c1ccc(Br)c(S(=O)(=O)NCCCC(F)(F)F)c1. The van der Waals surface area contributed by atoms with Gasteiger partial charge in [0, 0.05) is 17.4 Å². The van der Waals surface area contributed by atoms with Gasteiger partial charge in [0.05, 0.1) is 10.5 Å². The summed E-state index contributed by atoms with van der Waals surface area (Å²) in [6.07, 6.45) is -5.86. The zero-order valence-corrected chi connectivity index (χ0v) is 12.8. The minimum absolute atomic E-state index is 0.121. The second-order valence-electron chi connectivity index (χ2n) is 4.07. The Morgan fingerprint density at radius 2 is 1.95 bits per heavy atom. The molecule has 0 aliphatic carbocycles. The molecule has 0 heterocycles. The summed E-state index contributed by atoms with van der Waals surface area (Å²) in [7, 11) is -4.09. The van der Waals surface area contributed by atoms with Crippen molar-refractivity contribution in [1.29, 1.82) is 0 Å². The lowest BCUT2D eigenvalue weighted by Gasteiger charge is -2.10. The highest BCUT2D eigenvalue weighted by molar-refractivity contribution is 9.10. The fraction of sp³-hybridized carbons (Fsp3) is 0.364. The third kappa shape index (κ3) is 5.64. The van der Waals surface area contributed by atoms with Crippen LogP contribution in [0.2, 0.25) is 0 Å². The van der Waals surface area contributed by atoms with E-state index in [2.05, 4.69) is 15.9 Å². The Balaban J connectivity index is 2.83. The normalized spacial score (nSPS) is 12.4. The second-order valence-corrected chi connectivity index (χ2v) is 6.66. The number of nitrogens with one attached hydrogen (secondary N) is 1. The summed E-state index contributed by atoms with van der Waals surface area (Å²) in [6, 6.07) is 3.38. The van der Waals surface area contributed by atoms with Crippen LogP contribution in [0.5, 0.6) is 0 Å². The van der Waals surface area contributed by atoms with Gasteiger partial charge in [-0.05, 0) is 40.5 Å². The van der Waals surface area contributed by atoms with Crippen molar-refractivity contribution in [1.82, 2.24) is 4.72 Å². The van der Waals surface area contributed by atoms with Crippen molar-refractivity contribution >= 4 is 31.9 Å². The van der Waals surface area contributed by atoms with E-state index < -0.39 is 41.6 Å². The Labute approximate surface area is 127 Å². The summed E-state index contributed by atoms with van der Waals surface area (Å²) < 4.78 is 61.9. The van der Waals surface area contributed by atoms with Gasteiger partial charge in [0.15, 0.2) is 0 Å². The molecule has 0 unspecified atom stereocenters. The molecule has 0 fully saturated rings. The number of rotatable bonds is 6. The van der Waals surface area contributed by atoms with Crippen LogP contribution in [-0.2, 0) is 10.0 Å². The lowest BCUT2D eigenvalue weighted by Crippen LogP contribution is -2.26. The van der Waals surface area contributed by atoms with Crippen LogP contribution in [0.4, 0.5) is 13.2 Å². The maximum Gasteiger partial charge on any atom is 0.389 e. The fourth-order valence-electron chi connectivity index (χ4n) is 1.42. The summed E-state index contributed by atoms with van der Waals surface area (Å²) in [5.41, 5.74) is -0.242. The second kappa shape index (κ2) is 6.75. The van der Waals surface area contributed by atoms with Crippen LogP contribution in [0.1, 0.15) is 23.2 Å². The van der Waals surface area contributed by atoms with Crippen molar-refractivity contribution in [3.8, 4) is 0 Å². The van der Waals surface area contributed by atoms with Gasteiger partial charge in [0.2, 0.25) is 10.0 Å². The molecule has 118 valence electrons. The molecule has 1 aromatic rings. The third-order valence-corrected chi connectivity index (χ3v) is 4.85. The van der Waals surface area contributed by atoms with Gasteiger partial charge in [-0.25, -0.2) is 17.9 Å². The van der Waals surface area contributed by atoms with Crippen LogP contribution in [0.15, 0.2) is 27.6 Å². The van der Waals surface area contributed by atoms with E-state index in [-0.39, 0.29) is 14.9 Å². The van der Waals surface area contributed by atoms with E-state index in [1.54, 1.807) is 0 Å². The van der Waals surface area contributed by atoms with Crippen molar-refractivity contribution in [2.75, 3.05) is 6.54 Å². The first-order chi connectivity index (χ1) is 9.53. The predicted molar refractivity (Wildman–Crippen MR) is 71.6 cm³/mol. The zero-order chi connectivity index (χ0) is 16.3. The van der Waals surface area contributed by atoms with Crippen LogP contribution in [-0.4, -0.2) is 32.2 Å². The number of aromatic carboxylic acids is 1. The van der Waals surface area contributed by atoms with E-state index in [4.69, 9.17) is 5.11 Å². The number of carboxylic acids is 1. The number of benzene rings is 1. The molecule has 1 rings (SSSR count). The smallest absolute Gasteiger partial charge is 0.389 e. The Kier molecular flexibility index (Phi) is 5.76. The van der Waals surface area contributed by atoms with Gasteiger partial charge in [-0.3, -0.25) is 0 Å². The van der Waals surface area contributed by atoms with Crippen molar-refractivity contribution in [2.24, 2.45) is 0 Å². The molecule has 0 aliphatic rings. The minimum atomic E-state index is -4.35. The molecule has 0 spiro atoms. The molecule has 0 saturated carbocycles. The van der Waals surface area contributed by atoms with Gasteiger partial charge in [0.25, 0.3) is 0 Å². The van der Waals surface area contributed by atoms with Gasteiger partial charge < -0.3 is 5.11 Å². The van der Waals surface area contributed by atoms with Crippen molar-refractivity contribution in [3.05, 3.63) is 28.2 Å². The monoisotopic (exact) mass is 389 g/mol. The molecule has 0 atom stereocenters. The van der Waals surface area contributed by atoms with E-state index >= 15 is 0 Å². The molecular weight excluding hydrogens is 379 g/mol. The molecule has 0 aromatic heterocycles. The molecule has 10 heteroatoms. The summed E-state index contributed by atoms with van der Waals surface area (Å²) in [6.45, 7) is -0.397. The number of alkyl halides is 3. The number of carboxylic acid groups (broad SMARTS) is 1. The average Bonchev–Trinajstić information content (AvgIpc) is 2.33. The predicted octanol–water partition coefficient (Wildman–Crippen LogP) is 2.77. The molecule has 1 aromatic carbocycles. The summed E-state index contributed by atoms with van der Waals surface area (Å²) in [5.74, 6) is -1.31. The number of halogens is 4. The first-order valence-corrected chi connectivity index (χ1v) is 7.90. The highest BCUT2D eigenvalue weighted by Gasteiger charge is 2.26. The summed E-state index contributed by atoms with van der Waals surface area (Å²) in [5, 5.41) is 8.81. The molecule has 0 radical (unpaired) electrons. The van der Waals surface area contributed by atoms with Crippen LogP contribution in [0.3, 0.4) is 0 Å². The Bertz CT molecular complexity index is 631. The van der Waals surface area contributed by atoms with Crippen molar-refractivity contribution in [3.63, 3.8) is 0 Å². The Morgan fingerprint density at radius 3 is 2.48 bits per heavy atom. The maximum atomic E-state index is 12.0. The van der Waals surface area contributed by atoms with Crippen LogP contribution in [0, 0.1) is 0 Å². The highest BCUT2D eigenvalue weighted by Crippen LogP contribution is 2.24. The summed E-state index contributed by atoms with van der Waals surface area (Å²) >= 11 is 2.96. The minimum Gasteiger partial charge on any atom is -0.478 e. The van der Waals surface area contributed by atoms with Crippen LogP contribution < -0.4 is 4.72 Å². The zero-order valence-electron chi connectivity index (χ0n) is 10.4. The lowest BCUT2D eigenvalue weighted by molar-refractivity contribution is -0.135.